The summed E-state index contributed by atoms with van der Waals surface area (Å²) in [5.41, 5.74) is 0.953. The molecule has 1 aromatic carbocycles. The van der Waals surface area contributed by atoms with Crippen molar-refractivity contribution in [2.75, 3.05) is 18.7 Å². The summed E-state index contributed by atoms with van der Waals surface area (Å²) in [4.78, 5) is 4.11. The van der Waals surface area contributed by atoms with E-state index in [0.29, 0.717) is 12.4 Å². The van der Waals surface area contributed by atoms with E-state index in [-0.39, 0.29) is 10.6 Å². The van der Waals surface area contributed by atoms with E-state index in [4.69, 9.17) is 4.74 Å². The molecule has 0 unspecified atom stereocenters. The number of sulfone groups is 1. The smallest absolute Gasteiger partial charge is 0.212 e. The number of aromatic nitrogens is 1. The number of hydrogen-bond acceptors (Lipinski definition) is 5. The van der Waals surface area contributed by atoms with Crippen LogP contribution in [-0.4, -0.2) is 26.8 Å². The van der Waals surface area contributed by atoms with Crippen LogP contribution in [0.2, 0.25) is 0 Å². The van der Waals surface area contributed by atoms with E-state index in [1.807, 2.05) is 0 Å². The molecule has 0 amide bonds. The van der Waals surface area contributed by atoms with Gasteiger partial charge in [0.2, 0.25) is 5.88 Å². The second-order valence-electron chi connectivity index (χ2n) is 4.48. The van der Waals surface area contributed by atoms with Gasteiger partial charge in [0, 0.05) is 25.1 Å². The highest BCUT2D eigenvalue weighted by molar-refractivity contribution is 7.90. The molecule has 1 N–H and O–H groups in total. The third kappa shape index (κ3) is 3.91. The molecule has 0 saturated carbocycles. The first kappa shape index (κ1) is 15.2. The number of ether oxygens (including phenoxy) is 1. The van der Waals surface area contributed by atoms with Crippen molar-refractivity contribution in [3.8, 4) is 5.88 Å². The Bertz CT molecular complexity index is 730. The van der Waals surface area contributed by atoms with Gasteiger partial charge in [-0.1, -0.05) is 6.07 Å². The van der Waals surface area contributed by atoms with Crippen LogP contribution in [0.25, 0.3) is 0 Å². The normalized spacial score (nSPS) is 11.2. The van der Waals surface area contributed by atoms with Crippen LogP contribution >= 0.6 is 0 Å². The van der Waals surface area contributed by atoms with Crippen molar-refractivity contribution in [1.29, 1.82) is 0 Å². The summed E-state index contributed by atoms with van der Waals surface area (Å²) in [5, 5.41) is 2.86. The van der Waals surface area contributed by atoms with Crippen LogP contribution in [0.5, 0.6) is 5.88 Å². The number of methoxy groups -OCH3 is 1. The number of benzene rings is 1. The van der Waals surface area contributed by atoms with Crippen molar-refractivity contribution >= 4 is 15.5 Å². The number of hydrogen-bond donors (Lipinski definition) is 1. The Morgan fingerprint density at radius 3 is 2.62 bits per heavy atom. The predicted molar refractivity (Wildman–Crippen MR) is 77.6 cm³/mol. The Morgan fingerprint density at radius 2 is 2.05 bits per heavy atom. The average Bonchev–Trinajstić information content (AvgIpc) is 2.45. The minimum atomic E-state index is -3.37. The first-order valence-corrected chi connectivity index (χ1v) is 8.01. The Balaban J connectivity index is 2.15. The molecule has 0 spiro atoms. The lowest BCUT2D eigenvalue weighted by molar-refractivity contribution is 0.397. The molecule has 0 atom stereocenters. The van der Waals surface area contributed by atoms with Gasteiger partial charge in [-0.05, 0) is 23.8 Å². The number of nitrogens with one attached hydrogen (secondary N) is 1. The molecule has 2 aromatic rings. The lowest BCUT2D eigenvalue weighted by Crippen LogP contribution is -2.04. The van der Waals surface area contributed by atoms with E-state index in [2.05, 4.69) is 10.3 Å². The van der Waals surface area contributed by atoms with Crippen LogP contribution in [0, 0.1) is 5.82 Å². The zero-order chi connectivity index (χ0) is 15.5. The summed E-state index contributed by atoms with van der Waals surface area (Å²) < 4.78 is 41.6. The number of pyridine rings is 1. The highest BCUT2D eigenvalue weighted by Gasteiger charge is 2.11. The minimum absolute atomic E-state index is 0.0688. The summed E-state index contributed by atoms with van der Waals surface area (Å²) in [6, 6.07) is 7.13. The van der Waals surface area contributed by atoms with Crippen LogP contribution in [0.4, 0.5) is 10.1 Å². The van der Waals surface area contributed by atoms with E-state index < -0.39 is 15.7 Å². The molecule has 0 aliphatic carbocycles. The van der Waals surface area contributed by atoms with Crippen molar-refractivity contribution in [2.45, 2.75) is 11.4 Å². The van der Waals surface area contributed by atoms with Crippen molar-refractivity contribution in [2.24, 2.45) is 0 Å². The van der Waals surface area contributed by atoms with Gasteiger partial charge in [0.25, 0.3) is 0 Å². The van der Waals surface area contributed by atoms with E-state index in [1.54, 1.807) is 18.3 Å². The number of halogens is 1. The summed E-state index contributed by atoms with van der Waals surface area (Å²) in [5.74, 6) is -0.0205. The van der Waals surface area contributed by atoms with Crippen LogP contribution in [0.1, 0.15) is 5.56 Å². The van der Waals surface area contributed by atoms with Gasteiger partial charge >= 0.3 is 0 Å². The summed E-state index contributed by atoms with van der Waals surface area (Å²) in [7, 11) is -1.85. The SMILES string of the molecule is COc1ccc(CNc2cc(S(C)(=O)=O)ccc2F)cn1. The van der Waals surface area contributed by atoms with E-state index in [1.165, 1.54) is 19.2 Å². The fourth-order valence-electron chi connectivity index (χ4n) is 1.70. The van der Waals surface area contributed by atoms with Crippen LogP contribution in [-0.2, 0) is 16.4 Å². The van der Waals surface area contributed by atoms with Gasteiger partial charge in [0.1, 0.15) is 5.82 Å². The van der Waals surface area contributed by atoms with Crippen molar-refractivity contribution in [3.63, 3.8) is 0 Å². The van der Waals surface area contributed by atoms with Crippen molar-refractivity contribution < 1.29 is 17.5 Å². The molecule has 21 heavy (non-hydrogen) atoms. The monoisotopic (exact) mass is 310 g/mol. The van der Waals surface area contributed by atoms with Crippen molar-refractivity contribution in [3.05, 3.63) is 47.9 Å². The lowest BCUT2D eigenvalue weighted by Gasteiger charge is -2.09. The molecule has 0 bridgehead atoms. The Kier molecular flexibility index (Phi) is 4.42. The molecular weight excluding hydrogens is 295 g/mol. The van der Waals surface area contributed by atoms with Crippen molar-refractivity contribution in [1.82, 2.24) is 4.98 Å². The summed E-state index contributed by atoms with van der Waals surface area (Å²) in [6.45, 7) is 0.321. The van der Waals surface area contributed by atoms with Gasteiger partial charge in [0.05, 0.1) is 17.7 Å². The molecule has 1 heterocycles. The maximum Gasteiger partial charge on any atom is 0.212 e. The zero-order valence-corrected chi connectivity index (χ0v) is 12.4. The molecule has 7 heteroatoms. The van der Waals surface area contributed by atoms with Gasteiger partial charge in [-0.25, -0.2) is 17.8 Å². The molecule has 0 aliphatic rings. The molecular formula is C14H15FN2O3S. The Hall–Kier alpha value is -2.15. The highest BCUT2D eigenvalue weighted by Crippen LogP contribution is 2.20. The van der Waals surface area contributed by atoms with E-state index >= 15 is 0 Å². The number of nitrogens with zero attached hydrogens (tertiary/aromatic N) is 1. The third-order valence-electron chi connectivity index (χ3n) is 2.86. The molecule has 1 aromatic heterocycles. The summed E-state index contributed by atoms with van der Waals surface area (Å²) in [6.07, 6.45) is 2.68. The predicted octanol–water partition coefficient (Wildman–Crippen LogP) is 2.24. The van der Waals surface area contributed by atoms with E-state index in [9.17, 15) is 12.8 Å². The molecule has 112 valence electrons. The molecule has 0 saturated heterocycles. The first-order chi connectivity index (χ1) is 9.90. The quantitative estimate of drug-likeness (QED) is 0.858. The lowest BCUT2D eigenvalue weighted by atomic mass is 10.2. The second kappa shape index (κ2) is 6.09. The third-order valence-corrected chi connectivity index (χ3v) is 3.97. The van der Waals surface area contributed by atoms with Crippen LogP contribution in [0.3, 0.4) is 0 Å². The Morgan fingerprint density at radius 1 is 1.29 bits per heavy atom. The standard InChI is InChI=1S/C14H15FN2O3S/c1-20-14-6-3-10(9-17-14)8-16-13-7-11(21(2,18)19)4-5-12(13)15/h3-7,9,16H,8H2,1-2H3. The van der Waals surface area contributed by atoms with Gasteiger partial charge < -0.3 is 10.1 Å². The molecule has 2 rings (SSSR count). The fraction of sp³-hybridized carbons (Fsp3) is 0.214. The maximum atomic E-state index is 13.7. The molecule has 0 radical (unpaired) electrons. The van der Waals surface area contributed by atoms with Gasteiger partial charge in [-0.2, -0.15) is 0 Å². The largest absolute Gasteiger partial charge is 0.481 e. The average molecular weight is 310 g/mol. The Labute approximate surface area is 122 Å². The molecule has 5 nitrogen and oxygen atoms in total. The van der Waals surface area contributed by atoms with E-state index in [0.717, 1.165) is 17.9 Å². The van der Waals surface area contributed by atoms with Gasteiger partial charge in [-0.15, -0.1) is 0 Å². The molecule has 0 aliphatic heterocycles. The highest BCUT2D eigenvalue weighted by atomic mass is 32.2. The number of anilines is 1. The molecule has 0 fully saturated rings. The summed E-state index contributed by atoms with van der Waals surface area (Å²) >= 11 is 0. The van der Waals surface area contributed by atoms with Gasteiger partial charge in [0.15, 0.2) is 9.84 Å². The van der Waals surface area contributed by atoms with Crippen LogP contribution in [0.15, 0.2) is 41.4 Å². The zero-order valence-electron chi connectivity index (χ0n) is 11.6. The fourth-order valence-corrected chi connectivity index (χ4v) is 2.35. The number of rotatable bonds is 5. The van der Waals surface area contributed by atoms with Gasteiger partial charge in [-0.3, -0.25) is 0 Å². The maximum absolute atomic E-state index is 13.7. The first-order valence-electron chi connectivity index (χ1n) is 6.12. The van der Waals surface area contributed by atoms with Crippen LogP contribution < -0.4 is 10.1 Å². The minimum Gasteiger partial charge on any atom is -0.481 e. The topological polar surface area (TPSA) is 68.3 Å². The second-order valence-corrected chi connectivity index (χ2v) is 6.49.